The smallest absolute Gasteiger partial charge is 0.305 e. The first-order valence-corrected chi connectivity index (χ1v) is 7.82. The molecule has 0 aromatic heterocycles. The van der Waals surface area contributed by atoms with Crippen molar-refractivity contribution in [2.75, 3.05) is 13.2 Å². The lowest BCUT2D eigenvalue weighted by molar-refractivity contribution is -0.143. The molecule has 1 aliphatic carbocycles. The molecule has 1 aliphatic rings. The quantitative estimate of drug-likeness (QED) is 0.784. The van der Waals surface area contributed by atoms with Crippen LogP contribution in [0.25, 0.3) is 0 Å². The Balaban J connectivity index is 2.03. The highest BCUT2D eigenvalue weighted by atomic mass is 16.5. The van der Waals surface area contributed by atoms with Gasteiger partial charge in [0.15, 0.2) is 0 Å². The third-order valence-corrected chi connectivity index (χ3v) is 3.78. The van der Waals surface area contributed by atoms with Crippen LogP contribution in [0.4, 0.5) is 0 Å². The first-order chi connectivity index (χ1) is 10.1. The lowest BCUT2D eigenvalue weighted by Gasteiger charge is -2.13. The van der Waals surface area contributed by atoms with E-state index in [0.29, 0.717) is 19.6 Å². The predicted octanol–water partition coefficient (Wildman–Crippen LogP) is 2.40. The first kappa shape index (κ1) is 15.8. The number of hydrogen-bond donors (Lipinski definition) is 1. The maximum Gasteiger partial charge on any atom is 0.305 e. The maximum atomic E-state index is 11.4. The molecule has 1 aromatic rings. The Bertz CT molecular complexity index is 499. The summed E-state index contributed by atoms with van der Waals surface area (Å²) in [6.45, 7) is 4.91. The van der Waals surface area contributed by atoms with Gasteiger partial charge >= 0.3 is 5.97 Å². The summed E-state index contributed by atoms with van der Waals surface area (Å²) in [7, 11) is 0. The molecule has 2 N–H and O–H groups in total. The summed E-state index contributed by atoms with van der Waals surface area (Å²) in [6, 6.07) is 4.56. The second-order valence-corrected chi connectivity index (χ2v) is 5.49. The van der Waals surface area contributed by atoms with Gasteiger partial charge in [-0.1, -0.05) is 6.07 Å². The summed E-state index contributed by atoms with van der Waals surface area (Å²) in [5, 5.41) is 0. The molecule has 0 radical (unpaired) electrons. The molecule has 0 aliphatic heterocycles. The van der Waals surface area contributed by atoms with Crippen LogP contribution in [0.3, 0.4) is 0 Å². The van der Waals surface area contributed by atoms with Gasteiger partial charge in [0.1, 0.15) is 5.75 Å². The monoisotopic (exact) mass is 291 g/mol. The Morgan fingerprint density at radius 2 is 1.95 bits per heavy atom. The average molecular weight is 291 g/mol. The van der Waals surface area contributed by atoms with Crippen LogP contribution in [0.1, 0.15) is 43.4 Å². The lowest BCUT2D eigenvalue weighted by Crippen LogP contribution is -2.18. The second kappa shape index (κ2) is 7.46. The van der Waals surface area contributed by atoms with E-state index >= 15 is 0 Å². The zero-order valence-corrected chi connectivity index (χ0v) is 13.0. The molecule has 0 amide bonds. The topological polar surface area (TPSA) is 61.5 Å². The van der Waals surface area contributed by atoms with Crippen LogP contribution in [0.5, 0.6) is 5.75 Å². The zero-order chi connectivity index (χ0) is 15.2. The SMILES string of the molecule is CCOC(=O)CCCc1cc2c(cc1OCC)CC(N)C2. The fraction of sp³-hybridized carbons (Fsp3) is 0.588. The van der Waals surface area contributed by atoms with Crippen molar-refractivity contribution in [1.29, 1.82) is 0 Å². The van der Waals surface area contributed by atoms with Crippen LogP contribution >= 0.6 is 0 Å². The van der Waals surface area contributed by atoms with Gasteiger partial charge in [-0.05, 0) is 62.3 Å². The van der Waals surface area contributed by atoms with E-state index in [4.69, 9.17) is 15.2 Å². The Labute approximate surface area is 126 Å². The van der Waals surface area contributed by atoms with E-state index in [9.17, 15) is 4.79 Å². The predicted molar refractivity (Wildman–Crippen MR) is 82.6 cm³/mol. The minimum absolute atomic E-state index is 0.126. The van der Waals surface area contributed by atoms with Gasteiger partial charge in [0.2, 0.25) is 0 Å². The van der Waals surface area contributed by atoms with E-state index in [2.05, 4.69) is 12.1 Å². The van der Waals surface area contributed by atoms with E-state index in [-0.39, 0.29) is 12.0 Å². The third kappa shape index (κ3) is 4.21. The molecular formula is C17H25NO3. The Morgan fingerprint density at radius 1 is 1.24 bits per heavy atom. The lowest BCUT2D eigenvalue weighted by atomic mass is 10.0. The van der Waals surface area contributed by atoms with Crippen LogP contribution in [0.15, 0.2) is 12.1 Å². The van der Waals surface area contributed by atoms with Gasteiger partial charge in [0.05, 0.1) is 13.2 Å². The molecule has 0 spiro atoms. The minimum atomic E-state index is -0.126. The fourth-order valence-electron chi connectivity index (χ4n) is 2.88. The summed E-state index contributed by atoms with van der Waals surface area (Å²) in [5.41, 5.74) is 9.84. The standard InChI is InChI=1S/C17H25NO3/c1-3-20-16-11-14-10-15(18)9-13(14)8-12(16)6-5-7-17(19)21-4-2/h8,11,15H,3-7,9-10,18H2,1-2H3. The highest BCUT2D eigenvalue weighted by Crippen LogP contribution is 2.30. The molecule has 1 atom stereocenters. The van der Waals surface area contributed by atoms with Crippen LogP contribution in [-0.2, 0) is 28.8 Å². The largest absolute Gasteiger partial charge is 0.494 e. The van der Waals surface area contributed by atoms with Crippen LogP contribution in [0.2, 0.25) is 0 Å². The van der Waals surface area contributed by atoms with Gasteiger partial charge in [0.25, 0.3) is 0 Å². The van der Waals surface area contributed by atoms with Crippen LogP contribution < -0.4 is 10.5 Å². The van der Waals surface area contributed by atoms with Crippen molar-refractivity contribution < 1.29 is 14.3 Å². The molecule has 2 rings (SSSR count). The van der Waals surface area contributed by atoms with E-state index in [0.717, 1.165) is 31.4 Å². The number of aryl methyl sites for hydroxylation is 1. The molecule has 0 fully saturated rings. The molecule has 0 bridgehead atoms. The van der Waals surface area contributed by atoms with Crippen molar-refractivity contribution in [3.8, 4) is 5.75 Å². The normalized spacial score (nSPS) is 16.6. The minimum Gasteiger partial charge on any atom is -0.494 e. The van der Waals surface area contributed by atoms with Gasteiger partial charge in [-0.2, -0.15) is 0 Å². The van der Waals surface area contributed by atoms with Crippen molar-refractivity contribution in [1.82, 2.24) is 0 Å². The molecule has 4 nitrogen and oxygen atoms in total. The molecule has 0 heterocycles. The second-order valence-electron chi connectivity index (χ2n) is 5.49. The summed E-state index contributed by atoms with van der Waals surface area (Å²) >= 11 is 0. The van der Waals surface area contributed by atoms with Crippen molar-refractivity contribution in [2.45, 2.75) is 52.0 Å². The molecule has 1 unspecified atom stereocenters. The fourth-order valence-corrected chi connectivity index (χ4v) is 2.88. The summed E-state index contributed by atoms with van der Waals surface area (Å²) in [6.07, 6.45) is 3.93. The van der Waals surface area contributed by atoms with E-state index in [1.54, 1.807) is 0 Å². The van der Waals surface area contributed by atoms with E-state index in [1.807, 2.05) is 13.8 Å². The maximum absolute atomic E-state index is 11.4. The number of carbonyl (C=O) groups excluding carboxylic acids is 1. The van der Waals surface area contributed by atoms with Gasteiger partial charge in [0, 0.05) is 12.5 Å². The van der Waals surface area contributed by atoms with Crippen molar-refractivity contribution in [3.63, 3.8) is 0 Å². The number of esters is 1. The zero-order valence-electron chi connectivity index (χ0n) is 13.0. The van der Waals surface area contributed by atoms with Gasteiger partial charge in [-0.3, -0.25) is 4.79 Å². The summed E-state index contributed by atoms with van der Waals surface area (Å²) in [4.78, 5) is 11.4. The number of rotatable bonds is 7. The van der Waals surface area contributed by atoms with Crippen molar-refractivity contribution >= 4 is 5.97 Å². The number of carbonyl (C=O) groups is 1. The van der Waals surface area contributed by atoms with Gasteiger partial charge < -0.3 is 15.2 Å². The molecule has 116 valence electrons. The summed E-state index contributed by atoms with van der Waals surface area (Å²) in [5.74, 6) is 0.813. The van der Waals surface area contributed by atoms with Crippen LogP contribution in [-0.4, -0.2) is 25.2 Å². The Morgan fingerprint density at radius 3 is 2.62 bits per heavy atom. The Hall–Kier alpha value is -1.55. The van der Waals surface area contributed by atoms with Crippen LogP contribution in [0, 0.1) is 0 Å². The molecule has 0 saturated heterocycles. The Kier molecular flexibility index (Phi) is 5.62. The van der Waals surface area contributed by atoms with E-state index in [1.165, 1.54) is 16.7 Å². The molecule has 1 aromatic carbocycles. The van der Waals surface area contributed by atoms with Gasteiger partial charge in [-0.25, -0.2) is 0 Å². The molecular weight excluding hydrogens is 266 g/mol. The van der Waals surface area contributed by atoms with Crippen molar-refractivity contribution in [3.05, 3.63) is 28.8 Å². The molecule has 21 heavy (non-hydrogen) atoms. The average Bonchev–Trinajstić information content (AvgIpc) is 2.78. The highest BCUT2D eigenvalue weighted by molar-refractivity contribution is 5.69. The number of nitrogens with two attached hydrogens (primary N) is 1. The van der Waals surface area contributed by atoms with Gasteiger partial charge in [-0.15, -0.1) is 0 Å². The molecule has 0 saturated carbocycles. The highest BCUT2D eigenvalue weighted by Gasteiger charge is 2.20. The van der Waals surface area contributed by atoms with E-state index < -0.39 is 0 Å². The third-order valence-electron chi connectivity index (χ3n) is 3.78. The summed E-state index contributed by atoms with van der Waals surface area (Å²) < 4.78 is 10.7. The van der Waals surface area contributed by atoms with Crippen molar-refractivity contribution in [2.24, 2.45) is 5.73 Å². The first-order valence-electron chi connectivity index (χ1n) is 7.82. The number of ether oxygens (including phenoxy) is 2. The molecule has 4 heteroatoms. The number of hydrogen-bond acceptors (Lipinski definition) is 4. The number of fused-ring (bicyclic) bond motifs is 1. The number of benzene rings is 1.